The molecule has 0 aliphatic carbocycles. The highest BCUT2D eigenvalue weighted by atomic mass is 35.5. The van der Waals surface area contributed by atoms with Crippen molar-refractivity contribution in [3.63, 3.8) is 0 Å². The number of guanidine groups is 2. The lowest BCUT2D eigenvalue weighted by molar-refractivity contribution is -0.197. The zero-order chi connectivity index (χ0) is 44.0. The van der Waals surface area contributed by atoms with Gasteiger partial charge in [0.2, 0.25) is 11.9 Å². The molecule has 0 spiro atoms. The minimum absolute atomic E-state index is 0.0668. The summed E-state index contributed by atoms with van der Waals surface area (Å²) in [5.41, 5.74) is 20.4. The molecule has 1 saturated heterocycles. The van der Waals surface area contributed by atoms with Crippen LogP contribution in [0.1, 0.15) is 61.9 Å². The van der Waals surface area contributed by atoms with E-state index in [2.05, 4.69) is 51.0 Å². The highest BCUT2D eigenvalue weighted by molar-refractivity contribution is 6.32. The summed E-state index contributed by atoms with van der Waals surface area (Å²) in [6.07, 6.45) is 0.554. The first-order chi connectivity index (χ1) is 26.6. The molecule has 1 aliphatic rings. The predicted molar refractivity (Wildman–Crippen MR) is 193 cm³/mol. The maximum Gasteiger partial charge on any atom is 0.332 e. The van der Waals surface area contributed by atoms with Gasteiger partial charge in [-0.15, -0.1) is 5.06 Å². The highest BCUT2D eigenvalue weighted by Gasteiger charge is 2.32. The number of hydroxylamine groups is 2. The van der Waals surface area contributed by atoms with Crippen LogP contribution in [0, 0.1) is 5.41 Å². The van der Waals surface area contributed by atoms with Gasteiger partial charge in [-0.25, -0.2) is 24.7 Å². The van der Waals surface area contributed by atoms with Crippen molar-refractivity contribution in [3.05, 3.63) is 21.7 Å². The number of nitrogens with two attached hydrogens (primary N) is 4. The van der Waals surface area contributed by atoms with Crippen molar-refractivity contribution < 1.29 is 59.2 Å². The number of aliphatic imine (C=N–C) groups is 1. The Morgan fingerprint density at radius 3 is 1.73 bits per heavy atom. The fourth-order valence-electron chi connectivity index (χ4n) is 3.15. The lowest BCUT2D eigenvalue weighted by atomic mass is 10.3. The molecule has 56 heavy (non-hydrogen) atoms. The van der Waals surface area contributed by atoms with E-state index in [0.29, 0.717) is 5.06 Å². The second kappa shape index (κ2) is 24.3. The Balaban J connectivity index is 0.000000829. The third kappa shape index (κ3) is 17.2. The number of nitrogen functional groups attached to an aromatic ring is 2. The van der Waals surface area contributed by atoms with Crippen LogP contribution in [0.15, 0.2) is 4.99 Å². The number of halogens is 3. The summed E-state index contributed by atoms with van der Waals surface area (Å²) in [6, 6.07) is 0. The molecule has 1 aliphatic heterocycles. The van der Waals surface area contributed by atoms with Crippen molar-refractivity contribution in [3.8, 4) is 0 Å². The van der Waals surface area contributed by atoms with Crippen LogP contribution in [0.25, 0.3) is 0 Å². The van der Waals surface area contributed by atoms with E-state index in [1.165, 1.54) is 0 Å². The first-order valence-corrected chi connectivity index (χ1v) is 15.7. The number of amides is 5. The summed E-state index contributed by atoms with van der Waals surface area (Å²) in [5.74, 6) is -7.78. The maximum atomic E-state index is 11.9. The molecule has 0 atom stereocenters. The molecule has 5 amide bonds. The number of aromatic nitrogens is 4. The van der Waals surface area contributed by atoms with Gasteiger partial charge < -0.3 is 48.6 Å². The van der Waals surface area contributed by atoms with Gasteiger partial charge in [-0.2, -0.15) is 4.99 Å². The normalized spacial score (nSPS) is 11.3. The van der Waals surface area contributed by atoms with E-state index < -0.39 is 79.6 Å². The average Bonchev–Trinajstić information content (AvgIpc) is 3.44. The molecule has 3 rings (SSSR count). The van der Waals surface area contributed by atoms with Crippen LogP contribution in [-0.2, 0) is 33.6 Å². The number of hydrogen-bond acceptors (Lipinski definition) is 18. The topological polar surface area (TPSA) is 429 Å². The third-order valence-electron chi connectivity index (χ3n) is 5.53. The molecule has 306 valence electrons. The number of carbonyl (C=O) groups excluding carboxylic acids is 6. The van der Waals surface area contributed by atoms with Crippen molar-refractivity contribution in [1.29, 1.82) is 5.41 Å². The molecule has 3 heterocycles. The average molecular weight is 838 g/mol. The Bertz CT molecular complexity index is 1870. The van der Waals surface area contributed by atoms with Crippen LogP contribution in [0.2, 0.25) is 10.3 Å². The molecule has 1 fully saturated rings. The number of carboxylic acid groups (broad SMARTS) is 2. The maximum absolute atomic E-state index is 11.9. The van der Waals surface area contributed by atoms with Crippen molar-refractivity contribution >= 4 is 106 Å². The number of nitrogens with one attached hydrogen (secondary N) is 5. The fraction of sp³-hybridized carbons (Fsp3) is 0.333. The predicted octanol–water partition coefficient (Wildman–Crippen LogP) is -1.39. The summed E-state index contributed by atoms with van der Waals surface area (Å²) in [7, 11) is -1.00. The molecular weight excluding hydrogens is 800 g/mol. The van der Waals surface area contributed by atoms with Crippen LogP contribution in [0.5, 0.6) is 0 Å². The molecule has 0 bridgehead atoms. The number of alkyl halides is 1. The van der Waals surface area contributed by atoms with Gasteiger partial charge in [0, 0.05) is 25.7 Å². The fourth-order valence-corrected chi connectivity index (χ4v) is 3.54. The molecule has 29 heteroatoms. The molecule has 15 N–H and O–H groups in total. The molecule has 0 radical (unpaired) electrons. The van der Waals surface area contributed by atoms with Gasteiger partial charge in [0.1, 0.15) is 13.1 Å². The Kier molecular flexibility index (Phi) is 20.4. The molecule has 2 aromatic rings. The third-order valence-corrected chi connectivity index (χ3v) is 6.06. The Labute approximate surface area is 325 Å². The number of nitrogens with zero attached hydrogens (tertiary/aromatic N) is 6. The van der Waals surface area contributed by atoms with Crippen molar-refractivity contribution in [2.75, 3.05) is 42.3 Å². The molecule has 0 unspecified atom stereocenters. The Morgan fingerprint density at radius 1 is 0.875 bits per heavy atom. The quantitative estimate of drug-likeness (QED) is 0.0705. The van der Waals surface area contributed by atoms with Crippen LogP contribution in [-0.4, -0.2) is 115 Å². The molecule has 0 saturated carbocycles. The lowest BCUT2D eigenvalue weighted by Crippen LogP contribution is -2.43. The SMILES string of the molecule is CCC(=O)NC(=N)NC(=O)c1nc(Cl)c(NCC(=O)O)nc1N.CCC(=O)ON1C(=O)CCC1=O.NC(N)=NC(=O)c1nc(Cl)c(NCC(=O)O)nc1N.[2H]CF. The first-order valence-electron chi connectivity index (χ1n) is 15.6. The van der Waals surface area contributed by atoms with Gasteiger partial charge in [0.25, 0.3) is 17.7 Å². The Morgan fingerprint density at radius 2 is 1.32 bits per heavy atom. The second-order valence-corrected chi connectivity index (χ2v) is 10.4. The summed E-state index contributed by atoms with van der Waals surface area (Å²) in [5, 5.41) is 33.5. The van der Waals surface area contributed by atoms with Crippen molar-refractivity contribution in [2.45, 2.75) is 39.5 Å². The number of carbonyl (C=O) groups is 8. The summed E-state index contributed by atoms with van der Waals surface area (Å²) >= 11 is 11.5. The number of hydrogen-bond donors (Lipinski definition) is 11. The van der Waals surface area contributed by atoms with Crippen LogP contribution in [0.3, 0.4) is 0 Å². The summed E-state index contributed by atoms with van der Waals surface area (Å²) < 4.78 is 15.5. The number of carboxylic acids is 2. The number of imide groups is 1. The molecule has 2 aromatic heterocycles. The largest absolute Gasteiger partial charge is 0.480 e. The van der Waals surface area contributed by atoms with Crippen LogP contribution in [0.4, 0.5) is 27.7 Å². The number of anilines is 4. The van der Waals surface area contributed by atoms with Crippen molar-refractivity contribution in [1.82, 2.24) is 35.6 Å². The molecule has 26 nitrogen and oxygen atoms in total. The van der Waals surface area contributed by atoms with Crippen LogP contribution < -0.4 is 44.2 Å². The van der Waals surface area contributed by atoms with E-state index in [-0.39, 0.29) is 70.6 Å². The Hall–Kier alpha value is -7.03. The minimum atomic E-state index is -1.15. The standard InChI is InChI=1S/C11H14ClN7O4.C8H10ClN7O3.C7H9NO4.CH3F/c1-2-4(20)16-11(14)19-10(23)6-8(13)18-9(7(12)17-6)15-3-5(21)22;9-4-6(13-1-2(17)18)15-5(10)3(14-4)7(19)16-8(11)12;1-2-7(11)12-8-5(9)3-4-6(8)10;1-2/h2-3H2,1H3,(H,21,22)(H3,13,15,18)(H3,14,16,19,20,23);1H2,(H,17,18)(H3,10,13,15)(H4,11,12,16,19);2-4H2,1H3;1H3/i;;;1D. The van der Waals surface area contributed by atoms with E-state index in [9.17, 15) is 42.7 Å². The van der Waals surface area contributed by atoms with E-state index in [0.717, 1.165) is 0 Å². The number of aliphatic carboxylic acids is 2. The van der Waals surface area contributed by atoms with E-state index in [1.54, 1.807) is 13.8 Å². The van der Waals surface area contributed by atoms with E-state index >= 15 is 0 Å². The highest BCUT2D eigenvalue weighted by Crippen LogP contribution is 2.21. The van der Waals surface area contributed by atoms with Gasteiger partial charge in [0.15, 0.2) is 50.9 Å². The summed E-state index contributed by atoms with van der Waals surface area (Å²) in [4.78, 5) is 110. The zero-order valence-electron chi connectivity index (χ0n) is 30.1. The molecule has 0 aromatic carbocycles. The van der Waals surface area contributed by atoms with Gasteiger partial charge in [-0.05, 0) is 0 Å². The van der Waals surface area contributed by atoms with Gasteiger partial charge >= 0.3 is 23.8 Å². The monoisotopic (exact) mass is 836 g/mol. The van der Waals surface area contributed by atoms with Gasteiger partial charge in [-0.1, -0.05) is 37.0 Å². The second-order valence-electron chi connectivity index (χ2n) is 9.66. The van der Waals surface area contributed by atoms with E-state index in [4.69, 9.17) is 63.1 Å². The van der Waals surface area contributed by atoms with E-state index in [1.807, 2.05) is 0 Å². The first kappa shape index (κ1) is 47.0. The van der Waals surface area contributed by atoms with Gasteiger partial charge in [-0.3, -0.25) is 54.0 Å². The summed E-state index contributed by atoms with van der Waals surface area (Å²) in [6.45, 7) is 2.27. The van der Waals surface area contributed by atoms with Gasteiger partial charge in [0.05, 0.1) is 8.52 Å². The smallest absolute Gasteiger partial charge is 0.332 e. The molecular formula is C27H36Cl2FN15O11. The minimum Gasteiger partial charge on any atom is -0.480 e. The lowest BCUT2D eigenvalue weighted by Gasteiger charge is -2.10. The number of rotatable bonds is 11. The van der Waals surface area contributed by atoms with Crippen molar-refractivity contribution in [2.24, 2.45) is 16.5 Å². The van der Waals surface area contributed by atoms with Crippen LogP contribution >= 0.6 is 23.2 Å². The zero-order valence-corrected chi connectivity index (χ0v) is 30.7.